The summed E-state index contributed by atoms with van der Waals surface area (Å²) >= 11 is 6.79. The molecule has 92 valence electrons. The van der Waals surface area contributed by atoms with Gasteiger partial charge in [-0.05, 0) is 40.0 Å². The molecule has 2 rings (SSSR count). The lowest BCUT2D eigenvalue weighted by Gasteiger charge is -2.17. The van der Waals surface area contributed by atoms with Crippen molar-refractivity contribution in [1.29, 1.82) is 0 Å². The van der Waals surface area contributed by atoms with Crippen molar-refractivity contribution in [2.75, 3.05) is 13.1 Å². The number of nitrogens with zero attached hydrogens (tertiary/aromatic N) is 1. The van der Waals surface area contributed by atoms with Crippen LogP contribution in [0.4, 0.5) is 0 Å². The van der Waals surface area contributed by atoms with Gasteiger partial charge >= 0.3 is 0 Å². The van der Waals surface area contributed by atoms with Gasteiger partial charge < -0.3 is 10.6 Å². The van der Waals surface area contributed by atoms with Gasteiger partial charge in [0.15, 0.2) is 0 Å². The van der Waals surface area contributed by atoms with Gasteiger partial charge in [0, 0.05) is 28.1 Å². The molecule has 1 heterocycles. The van der Waals surface area contributed by atoms with Crippen LogP contribution in [-0.2, 0) is 0 Å². The van der Waals surface area contributed by atoms with Gasteiger partial charge in [-0.3, -0.25) is 4.79 Å². The Labute approximate surface area is 118 Å². The van der Waals surface area contributed by atoms with E-state index in [1.54, 1.807) is 0 Å². The summed E-state index contributed by atoms with van der Waals surface area (Å²) in [6, 6.07) is 5.70. The Morgan fingerprint density at radius 1 is 1.41 bits per heavy atom. The number of halogens is 2. The number of amides is 1. The number of hydrogen-bond acceptors (Lipinski definition) is 2. The number of nitrogens with two attached hydrogens (primary N) is 1. The lowest BCUT2D eigenvalue weighted by atomic mass is 10.1. The molecule has 0 spiro atoms. The molecular formula is C12H14Br2N2O. The summed E-state index contributed by atoms with van der Waals surface area (Å²) in [5.74, 6) is 0.405. The maximum Gasteiger partial charge on any atom is 0.255 e. The van der Waals surface area contributed by atoms with E-state index < -0.39 is 0 Å². The third-order valence-corrected chi connectivity index (χ3v) is 4.30. The van der Waals surface area contributed by atoms with Gasteiger partial charge in [-0.1, -0.05) is 22.9 Å². The van der Waals surface area contributed by atoms with E-state index in [-0.39, 0.29) is 11.9 Å². The fourth-order valence-electron chi connectivity index (χ4n) is 1.99. The lowest BCUT2D eigenvalue weighted by molar-refractivity contribution is 0.0786. The van der Waals surface area contributed by atoms with Crippen molar-refractivity contribution in [1.82, 2.24) is 4.90 Å². The highest BCUT2D eigenvalue weighted by Crippen LogP contribution is 2.25. The van der Waals surface area contributed by atoms with E-state index in [0.717, 1.165) is 15.5 Å². The normalized spacial score (nSPS) is 24.1. The van der Waals surface area contributed by atoms with Crippen molar-refractivity contribution in [2.45, 2.75) is 13.0 Å². The van der Waals surface area contributed by atoms with Gasteiger partial charge in [0.05, 0.1) is 5.56 Å². The monoisotopic (exact) mass is 360 g/mol. The number of hydrogen-bond donors (Lipinski definition) is 1. The molecule has 0 saturated carbocycles. The van der Waals surface area contributed by atoms with Crippen LogP contribution in [0.5, 0.6) is 0 Å². The molecular weight excluding hydrogens is 348 g/mol. The Bertz CT molecular complexity index is 440. The molecule has 0 radical (unpaired) electrons. The standard InChI is InChI=1S/C12H14Br2N2O/c1-7-5-16(6-11(7)15)12(17)9-4-8(13)2-3-10(9)14/h2-4,7,11H,5-6,15H2,1H3. The molecule has 0 aliphatic carbocycles. The Morgan fingerprint density at radius 3 is 2.71 bits per heavy atom. The van der Waals surface area contributed by atoms with E-state index in [1.165, 1.54) is 0 Å². The van der Waals surface area contributed by atoms with Crippen LogP contribution >= 0.6 is 31.9 Å². The average molecular weight is 362 g/mol. The third kappa shape index (κ3) is 2.72. The number of rotatable bonds is 1. The third-order valence-electron chi connectivity index (χ3n) is 3.12. The maximum atomic E-state index is 12.3. The van der Waals surface area contributed by atoms with E-state index in [2.05, 4.69) is 38.8 Å². The topological polar surface area (TPSA) is 46.3 Å². The quantitative estimate of drug-likeness (QED) is 0.835. The van der Waals surface area contributed by atoms with Gasteiger partial charge in [-0.15, -0.1) is 0 Å². The summed E-state index contributed by atoms with van der Waals surface area (Å²) in [7, 11) is 0. The minimum atomic E-state index is 0.0398. The predicted molar refractivity (Wildman–Crippen MR) is 74.9 cm³/mol. The number of carbonyl (C=O) groups excluding carboxylic acids is 1. The number of benzene rings is 1. The van der Waals surface area contributed by atoms with Gasteiger partial charge in [0.25, 0.3) is 5.91 Å². The highest BCUT2D eigenvalue weighted by atomic mass is 79.9. The molecule has 1 aliphatic rings. The molecule has 1 saturated heterocycles. The fraction of sp³-hybridized carbons (Fsp3) is 0.417. The second kappa shape index (κ2) is 5.08. The summed E-state index contributed by atoms with van der Waals surface area (Å²) in [4.78, 5) is 14.2. The van der Waals surface area contributed by atoms with Crippen molar-refractivity contribution in [3.8, 4) is 0 Å². The SMILES string of the molecule is CC1CN(C(=O)c2cc(Br)ccc2Br)CC1N. The van der Waals surface area contributed by atoms with Crippen LogP contribution in [0.3, 0.4) is 0 Å². The highest BCUT2D eigenvalue weighted by molar-refractivity contribution is 9.11. The zero-order valence-corrected chi connectivity index (χ0v) is 12.7. The van der Waals surface area contributed by atoms with Crippen molar-refractivity contribution < 1.29 is 4.79 Å². The van der Waals surface area contributed by atoms with Gasteiger partial charge in [-0.25, -0.2) is 0 Å². The highest BCUT2D eigenvalue weighted by Gasteiger charge is 2.31. The molecule has 0 bridgehead atoms. The molecule has 3 nitrogen and oxygen atoms in total. The smallest absolute Gasteiger partial charge is 0.255 e. The first-order chi connectivity index (χ1) is 7.99. The fourth-order valence-corrected chi connectivity index (χ4v) is 2.77. The average Bonchev–Trinajstić information content (AvgIpc) is 2.62. The van der Waals surface area contributed by atoms with Crippen LogP contribution in [0.25, 0.3) is 0 Å². The molecule has 1 aromatic carbocycles. The van der Waals surface area contributed by atoms with Crippen LogP contribution in [0.1, 0.15) is 17.3 Å². The molecule has 5 heteroatoms. The van der Waals surface area contributed by atoms with Gasteiger partial charge in [0.1, 0.15) is 0 Å². The van der Waals surface area contributed by atoms with E-state index in [4.69, 9.17) is 5.73 Å². The second-order valence-corrected chi connectivity index (χ2v) is 6.25. The second-order valence-electron chi connectivity index (χ2n) is 4.48. The van der Waals surface area contributed by atoms with Crippen molar-refractivity contribution >= 4 is 37.8 Å². The van der Waals surface area contributed by atoms with Gasteiger partial charge in [0.2, 0.25) is 0 Å². The summed E-state index contributed by atoms with van der Waals surface area (Å²) < 4.78 is 1.72. The van der Waals surface area contributed by atoms with Crippen LogP contribution in [0, 0.1) is 5.92 Å². The molecule has 1 aromatic rings. The maximum absolute atomic E-state index is 12.3. The van der Waals surface area contributed by atoms with E-state index in [9.17, 15) is 4.79 Å². The van der Waals surface area contributed by atoms with Crippen LogP contribution in [0.2, 0.25) is 0 Å². The first kappa shape index (κ1) is 13.1. The first-order valence-corrected chi connectivity index (χ1v) is 7.07. The molecule has 1 amide bonds. The van der Waals surface area contributed by atoms with Crippen molar-refractivity contribution in [2.24, 2.45) is 11.7 Å². The summed E-state index contributed by atoms with van der Waals surface area (Å²) in [5, 5.41) is 0. The Kier molecular flexibility index (Phi) is 3.90. The molecule has 2 unspecified atom stereocenters. The predicted octanol–water partition coefficient (Wildman–Crippen LogP) is 2.63. The number of likely N-dealkylation sites (tertiary alicyclic amines) is 1. The molecule has 1 fully saturated rings. The summed E-state index contributed by atoms with van der Waals surface area (Å²) in [6.07, 6.45) is 0. The Morgan fingerprint density at radius 2 is 2.12 bits per heavy atom. The molecule has 1 aliphatic heterocycles. The molecule has 2 N–H and O–H groups in total. The zero-order valence-electron chi connectivity index (χ0n) is 9.49. The van der Waals surface area contributed by atoms with Gasteiger partial charge in [-0.2, -0.15) is 0 Å². The van der Waals surface area contributed by atoms with Crippen molar-refractivity contribution in [3.63, 3.8) is 0 Å². The minimum Gasteiger partial charge on any atom is -0.337 e. The van der Waals surface area contributed by atoms with E-state index >= 15 is 0 Å². The van der Waals surface area contributed by atoms with Crippen LogP contribution in [0.15, 0.2) is 27.1 Å². The lowest BCUT2D eigenvalue weighted by Crippen LogP contribution is -2.32. The minimum absolute atomic E-state index is 0.0398. The largest absolute Gasteiger partial charge is 0.337 e. The molecule has 0 aromatic heterocycles. The number of carbonyl (C=O) groups is 1. The van der Waals surface area contributed by atoms with Crippen LogP contribution < -0.4 is 5.73 Å². The van der Waals surface area contributed by atoms with E-state index in [1.807, 2.05) is 23.1 Å². The summed E-state index contributed by atoms with van der Waals surface area (Å²) in [5.41, 5.74) is 6.62. The Hall–Kier alpha value is -0.390. The van der Waals surface area contributed by atoms with Crippen molar-refractivity contribution in [3.05, 3.63) is 32.7 Å². The molecule has 2 atom stereocenters. The Balaban J connectivity index is 2.23. The first-order valence-electron chi connectivity index (χ1n) is 5.49. The van der Waals surface area contributed by atoms with Crippen LogP contribution in [-0.4, -0.2) is 29.9 Å². The molecule has 17 heavy (non-hydrogen) atoms. The van der Waals surface area contributed by atoms with E-state index in [0.29, 0.717) is 18.0 Å². The zero-order chi connectivity index (χ0) is 12.6. The summed E-state index contributed by atoms with van der Waals surface area (Å²) in [6.45, 7) is 3.45.